The molecule has 1 amide bonds. The number of rotatable bonds is 6. The highest BCUT2D eigenvalue weighted by molar-refractivity contribution is 6.10. The Hall–Kier alpha value is -2.33. The molecule has 0 aromatic heterocycles. The van der Waals surface area contributed by atoms with E-state index >= 15 is 0 Å². The lowest BCUT2D eigenvalue weighted by Gasteiger charge is -2.56. The zero-order valence-corrected chi connectivity index (χ0v) is 18.8. The first kappa shape index (κ1) is 21.5. The summed E-state index contributed by atoms with van der Waals surface area (Å²) in [4.78, 5) is 15.9. The highest BCUT2D eigenvalue weighted by atomic mass is 16.5. The smallest absolute Gasteiger partial charge is 0.237 e. The Bertz CT molecular complexity index is 995. The van der Waals surface area contributed by atoms with Crippen LogP contribution in [0.25, 0.3) is 0 Å². The lowest BCUT2D eigenvalue weighted by atomic mass is 9.67. The summed E-state index contributed by atoms with van der Waals surface area (Å²) in [6, 6.07) is 1.19. The number of anilines is 1. The molecule has 3 N–H and O–H groups in total. The summed E-state index contributed by atoms with van der Waals surface area (Å²) in [5, 5.41) is 25.0. The summed E-state index contributed by atoms with van der Waals surface area (Å²) in [5.41, 5.74) is 0.0581. The lowest BCUT2D eigenvalue weighted by Crippen LogP contribution is -2.68. The maximum atomic E-state index is 13.7. The van der Waals surface area contributed by atoms with Gasteiger partial charge in [-0.25, -0.2) is 0 Å². The molecule has 4 bridgehead atoms. The number of hydrogen-bond acceptors (Lipinski definition) is 8. The van der Waals surface area contributed by atoms with Crippen molar-refractivity contribution in [3.63, 3.8) is 0 Å². The van der Waals surface area contributed by atoms with Crippen LogP contribution < -0.4 is 19.5 Å². The second-order valence-electron chi connectivity index (χ2n) is 9.07. The average molecular weight is 447 g/mol. The van der Waals surface area contributed by atoms with Crippen molar-refractivity contribution in [1.82, 2.24) is 4.90 Å². The number of ether oxygens (including phenoxy) is 4. The summed E-state index contributed by atoms with van der Waals surface area (Å²) in [6.45, 7) is 0.686. The molecule has 9 nitrogen and oxygen atoms in total. The molecular formula is C23H30N2O7. The van der Waals surface area contributed by atoms with Gasteiger partial charge in [0.15, 0.2) is 11.5 Å². The van der Waals surface area contributed by atoms with Gasteiger partial charge >= 0.3 is 0 Å². The largest absolute Gasteiger partial charge is 0.494 e. The average Bonchev–Trinajstić information content (AvgIpc) is 3.27. The summed E-state index contributed by atoms with van der Waals surface area (Å²) in [5.74, 6) is 1.09. The number of benzene rings is 1. The highest BCUT2D eigenvalue weighted by Crippen LogP contribution is 2.65. The second-order valence-corrected chi connectivity index (χ2v) is 9.07. The number of methoxy groups -OCH3 is 4. The molecule has 5 aliphatic rings. The second kappa shape index (κ2) is 7.34. The van der Waals surface area contributed by atoms with Crippen LogP contribution in [0, 0.1) is 5.92 Å². The van der Waals surface area contributed by atoms with E-state index in [9.17, 15) is 15.0 Å². The molecule has 6 atom stereocenters. The summed E-state index contributed by atoms with van der Waals surface area (Å²) < 4.78 is 22.1. The number of nitrogens with zero attached hydrogens (tertiary/aromatic N) is 1. The van der Waals surface area contributed by atoms with Gasteiger partial charge in [0.1, 0.15) is 11.4 Å². The molecule has 6 rings (SSSR count). The molecule has 1 spiro atoms. The SMILES string of the molecule is COC/C=C1\CN2[C@H]3C[C@@]4(C(=O)Nc5c(OC)cc(OC)c(OC)c54)[C@@H]2C[C@@H]1[C@]3(O)CO. The van der Waals surface area contributed by atoms with Crippen molar-refractivity contribution >= 4 is 11.6 Å². The van der Waals surface area contributed by atoms with Gasteiger partial charge < -0.3 is 34.5 Å². The van der Waals surface area contributed by atoms with E-state index in [1.54, 1.807) is 34.5 Å². The van der Waals surface area contributed by atoms with Crippen molar-refractivity contribution in [1.29, 1.82) is 0 Å². The highest BCUT2D eigenvalue weighted by Gasteiger charge is 2.72. The number of hydrogen-bond donors (Lipinski definition) is 3. The van der Waals surface area contributed by atoms with Gasteiger partial charge in [-0.2, -0.15) is 0 Å². The van der Waals surface area contributed by atoms with Gasteiger partial charge in [0.05, 0.1) is 45.6 Å². The fourth-order valence-electron chi connectivity index (χ4n) is 6.68. The van der Waals surface area contributed by atoms with Gasteiger partial charge in [-0.15, -0.1) is 0 Å². The fourth-order valence-corrected chi connectivity index (χ4v) is 6.68. The van der Waals surface area contributed by atoms with Crippen LogP contribution in [0.3, 0.4) is 0 Å². The third kappa shape index (κ3) is 2.45. The van der Waals surface area contributed by atoms with Crippen molar-refractivity contribution < 1.29 is 34.0 Å². The van der Waals surface area contributed by atoms with Crippen LogP contribution >= 0.6 is 0 Å². The van der Waals surface area contributed by atoms with Gasteiger partial charge in [0.2, 0.25) is 5.91 Å². The molecule has 174 valence electrons. The molecule has 5 aliphatic heterocycles. The van der Waals surface area contributed by atoms with Crippen LogP contribution in [0.2, 0.25) is 0 Å². The van der Waals surface area contributed by atoms with E-state index in [4.69, 9.17) is 18.9 Å². The number of amides is 1. The van der Waals surface area contributed by atoms with E-state index in [0.29, 0.717) is 54.5 Å². The van der Waals surface area contributed by atoms with Crippen LogP contribution in [0.1, 0.15) is 18.4 Å². The lowest BCUT2D eigenvalue weighted by molar-refractivity contribution is -0.153. The Morgan fingerprint density at radius 3 is 2.56 bits per heavy atom. The number of piperidine rings is 3. The minimum absolute atomic E-state index is 0.139. The number of aliphatic hydroxyl groups excluding tert-OH is 1. The number of carbonyl (C=O) groups excluding carboxylic acids is 1. The zero-order chi connectivity index (χ0) is 22.8. The molecule has 0 saturated carbocycles. The van der Waals surface area contributed by atoms with Gasteiger partial charge in [-0.1, -0.05) is 11.6 Å². The Morgan fingerprint density at radius 1 is 1.19 bits per heavy atom. The first-order chi connectivity index (χ1) is 15.4. The maximum Gasteiger partial charge on any atom is 0.237 e. The zero-order valence-electron chi connectivity index (χ0n) is 18.8. The third-order valence-electron chi connectivity index (χ3n) is 8.05. The van der Waals surface area contributed by atoms with Crippen molar-refractivity contribution in [2.75, 3.05) is 53.5 Å². The van der Waals surface area contributed by atoms with E-state index in [0.717, 1.165) is 5.57 Å². The number of nitrogens with one attached hydrogen (secondary N) is 1. The van der Waals surface area contributed by atoms with E-state index in [-0.39, 0.29) is 30.5 Å². The van der Waals surface area contributed by atoms with Crippen LogP contribution in [-0.4, -0.2) is 86.9 Å². The van der Waals surface area contributed by atoms with Crippen molar-refractivity contribution in [3.05, 3.63) is 23.3 Å². The predicted molar refractivity (Wildman–Crippen MR) is 115 cm³/mol. The molecule has 1 unspecified atom stereocenters. The molecule has 0 radical (unpaired) electrons. The van der Waals surface area contributed by atoms with Gasteiger partial charge in [-0.05, 0) is 12.8 Å². The molecule has 9 heteroatoms. The molecule has 4 fully saturated rings. The monoisotopic (exact) mass is 446 g/mol. The van der Waals surface area contributed by atoms with E-state index in [2.05, 4.69) is 10.2 Å². The Morgan fingerprint density at radius 2 is 1.94 bits per heavy atom. The Balaban J connectivity index is 1.70. The molecule has 5 heterocycles. The van der Waals surface area contributed by atoms with Gasteiger partial charge in [-0.3, -0.25) is 9.69 Å². The predicted octanol–water partition coefficient (Wildman–Crippen LogP) is 0.675. The van der Waals surface area contributed by atoms with Crippen LogP contribution in [0.15, 0.2) is 17.7 Å². The van der Waals surface area contributed by atoms with Crippen LogP contribution in [0.5, 0.6) is 17.2 Å². The topological polar surface area (TPSA) is 110 Å². The number of carbonyl (C=O) groups is 1. The van der Waals surface area contributed by atoms with Crippen molar-refractivity contribution in [3.8, 4) is 17.2 Å². The van der Waals surface area contributed by atoms with Gasteiger partial charge in [0, 0.05) is 43.3 Å². The minimum atomic E-state index is -1.34. The standard InChI is InChI=1S/C23H30N2O7/c1-29-6-5-12-10-25-16-7-13(12)23(28,11-26)17(25)9-22(16)18-19(24-21(22)27)14(30-2)8-15(31-3)20(18)32-4/h5,8,13,16-17,26,28H,6-7,9-11H2,1-4H3,(H,24,27)/b12-5+/t13-,16-,17-,22+,23+/m0/s1. The fraction of sp³-hybridized carbons (Fsp3) is 0.609. The van der Waals surface area contributed by atoms with E-state index < -0.39 is 11.0 Å². The molecule has 0 aliphatic carbocycles. The van der Waals surface area contributed by atoms with Crippen LogP contribution in [0.4, 0.5) is 5.69 Å². The Labute approximate surface area is 186 Å². The summed E-state index contributed by atoms with van der Waals surface area (Å²) in [6.07, 6.45) is 2.89. The number of fused-ring (bicyclic) bond motifs is 3. The summed E-state index contributed by atoms with van der Waals surface area (Å²) in [7, 11) is 6.29. The first-order valence-corrected chi connectivity index (χ1v) is 10.8. The minimum Gasteiger partial charge on any atom is -0.494 e. The summed E-state index contributed by atoms with van der Waals surface area (Å²) >= 11 is 0. The van der Waals surface area contributed by atoms with E-state index in [1.165, 1.54) is 0 Å². The quantitative estimate of drug-likeness (QED) is 0.548. The third-order valence-corrected chi connectivity index (χ3v) is 8.05. The Kier molecular flexibility index (Phi) is 4.94. The molecular weight excluding hydrogens is 416 g/mol. The molecule has 1 aromatic rings. The normalized spacial score (nSPS) is 37.7. The maximum absolute atomic E-state index is 13.7. The molecule has 1 aromatic carbocycles. The number of aliphatic hydroxyl groups is 2. The van der Waals surface area contributed by atoms with E-state index in [1.807, 2.05) is 6.08 Å². The first-order valence-electron chi connectivity index (χ1n) is 10.8. The van der Waals surface area contributed by atoms with Gasteiger partial charge in [0.25, 0.3) is 0 Å². The van der Waals surface area contributed by atoms with Crippen molar-refractivity contribution in [2.45, 2.75) is 35.9 Å². The molecule has 32 heavy (non-hydrogen) atoms. The van der Waals surface area contributed by atoms with Crippen LogP contribution in [-0.2, 0) is 14.9 Å². The molecule has 4 saturated heterocycles. The van der Waals surface area contributed by atoms with Crippen molar-refractivity contribution in [2.24, 2.45) is 5.92 Å².